The van der Waals surface area contributed by atoms with Gasteiger partial charge in [0, 0.05) is 19.0 Å². The summed E-state index contributed by atoms with van der Waals surface area (Å²) in [4.78, 5) is 15.8. The molecule has 0 bridgehead atoms. The van der Waals surface area contributed by atoms with E-state index in [0.717, 1.165) is 0 Å². The topological polar surface area (TPSA) is 55.1 Å². The monoisotopic (exact) mass is 280 g/mol. The number of nitrogens with zero attached hydrogens (tertiary/aromatic N) is 1. The number of nitrogens with one attached hydrogen (secondary N) is 1. The maximum Gasteiger partial charge on any atom is 0.289 e. The number of amides is 1. The van der Waals surface area contributed by atoms with Gasteiger partial charge in [0.05, 0.1) is 5.69 Å². The van der Waals surface area contributed by atoms with Gasteiger partial charge in [0.15, 0.2) is 5.89 Å². The van der Waals surface area contributed by atoms with Crippen molar-refractivity contribution in [3.63, 3.8) is 0 Å². The van der Waals surface area contributed by atoms with Crippen LogP contribution in [0.25, 0.3) is 0 Å². The molecule has 0 saturated carbocycles. The molecule has 0 aliphatic heterocycles. The van der Waals surface area contributed by atoms with Crippen LogP contribution in [0.4, 0.5) is 8.78 Å². The first kappa shape index (κ1) is 14.2. The Morgan fingerprint density at radius 3 is 2.60 bits per heavy atom. The molecule has 1 N–H and O–H groups in total. The van der Waals surface area contributed by atoms with Crippen LogP contribution in [-0.4, -0.2) is 10.9 Å². The van der Waals surface area contributed by atoms with Crippen LogP contribution < -0.4 is 5.32 Å². The standard InChI is InChI=1S/C14H14F2N2O2/c1-7-4-5-11(15)10(12(7)16)6-17-14(19)13-8(2)18-9(3)20-13/h4-5H,6H2,1-3H3,(H,17,19). The molecule has 0 radical (unpaired) electrons. The number of carbonyl (C=O) groups is 1. The third kappa shape index (κ3) is 2.68. The van der Waals surface area contributed by atoms with Gasteiger partial charge >= 0.3 is 0 Å². The highest BCUT2D eigenvalue weighted by atomic mass is 19.1. The summed E-state index contributed by atoms with van der Waals surface area (Å²) < 4.78 is 32.4. The van der Waals surface area contributed by atoms with Crippen molar-refractivity contribution in [3.8, 4) is 0 Å². The minimum atomic E-state index is -0.695. The lowest BCUT2D eigenvalue weighted by molar-refractivity contribution is 0.0920. The highest BCUT2D eigenvalue weighted by molar-refractivity contribution is 5.92. The van der Waals surface area contributed by atoms with Gasteiger partial charge in [-0.2, -0.15) is 0 Å². The van der Waals surface area contributed by atoms with Crippen LogP contribution in [0.1, 0.15) is 33.3 Å². The zero-order valence-electron chi connectivity index (χ0n) is 11.4. The normalized spacial score (nSPS) is 10.7. The van der Waals surface area contributed by atoms with Crippen LogP contribution in [0.15, 0.2) is 16.5 Å². The Hall–Kier alpha value is -2.24. The second kappa shape index (κ2) is 5.40. The van der Waals surface area contributed by atoms with E-state index < -0.39 is 17.5 Å². The van der Waals surface area contributed by atoms with Gasteiger partial charge < -0.3 is 9.73 Å². The molecule has 0 aliphatic carbocycles. The maximum atomic E-state index is 13.8. The second-order valence-electron chi connectivity index (χ2n) is 4.49. The Bertz CT molecular complexity index is 665. The van der Waals surface area contributed by atoms with E-state index in [1.54, 1.807) is 13.8 Å². The Morgan fingerprint density at radius 1 is 1.30 bits per heavy atom. The number of aromatic nitrogens is 1. The number of hydrogen-bond donors (Lipinski definition) is 1. The van der Waals surface area contributed by atoms with Crippen LogP contribution in [0, 0.1) is 32.4 Å². The molecular weight excluding hydrogens is 266 g/mol. The molecule has 0 atom stereocenters. The van der Waals surface area contributed by atoms with Crippen molar-refractivity contribution < 1.29 is 18.0 Å². The summed E-state index contributed by atoms with van der Waals surface area (Å²) in [5, 5.41) is 2.43. The Labute approximate surface area is 114 Å². The number of carbonyl (C=O) groups excluding carboxylic acids is 1. The van der Waals surface area contributed by atoms with Gasteiger partial charge in [-0.3, -0.25) is 4.79 Å². The van der Waals surface area contributed by atoms with Crippen LogP contribution >= 0.6 is 0 Å². The summed E-state index contributed by atoms with van der Waals surface area (Å²) >= 11 is 0. The first-order chi connectivity index (χ1) is 9.40. The third-order valence-corrected chi connectivity index (χ3v) is 2.91. The summed E-state index contributed by atoms with van der Waals surface area (Å²) in [6.45, 7) is 4.52. The van der Waals surface area contributed by atoms with E-state index in [-0.39, 0.29) is 17.9 Å². The fraction of sp³-hybridized carbons (Fsp3) is 0.286. The van der Waals surface area contributed by atoms with E-state index in [1.807, 2.05) is 0 Å². The molecule has 4 nitrogen and oxygen atoms in total. The van der Waals surface area contributed by atoms with Crippen LogP contribution in [0.3, 0.4) is 0 Å². The largest absolute Gasteiger partial charge is 0.436 e. The molecule has 0 spiro atoms. The first-order valence-electron chi connectivity index (χ1n) is 6.06. The molecule has 1 heterocycles. The third-order valence-electron chi connectivity index (χ3n) is 2.91. The molecule has 0 aliphatic rings. The smallest absolute Gasteiger partial charge is 0.289 e. The lowest BCUT2D eigenvalue weighted by Gasteiger charge is -2.08. The Balaban J connectivity index is 2.15. The van der Waals surface area contributed by atoms with Crippen molar-refractivity contribution in [1.82, 2.24) is 10.3 Å². The summed E-state index contributed by atoms with van der Waals surface area (Å²) in [6.07, 6.45) is 0. The highest BCUT2D eigenvalue weighted by Crippen LogP contribution is 2.16. The number of halogens is 2. The fourth-order valence-corrected chi connectivity index (χ4v) is 1.87. The van der Waals surface area contributed by atoms with Crippen LogP contribution in [-0.2, 0) is 6.54 Å². The molecule has 20 heavy (non-hydrogen) atoms. The number of aryl methyl sites for hydroxylation is 3. The van der Waals surface area contributed by atoms with Crippen LogP contribution in [0.2, 0.25) is 0 Å². The molecular formula is C14H14F2N2O2. The molecule has 106 valence electrons. The minimum absolute atomic E-state index is 0.0518. The van der Waals surface area contributed by atoms with Gasteiger partial charge in [-0.05, 0) is 25.5 Å². The highest BCUT2D eigenvalue weighted by Gasteiger charge is 2.17. The van der Waals surface area contributed by atoms with Crippen molar-refractivity contribution >= 4 is 5.91 Å². The number of hydrogen-bond acceptors (Lipinski definition) is 3. The van der Waals surface area contributed by atoms with E-state index in [0.29, 0.717) is 17.1 Å². The average Bonchev–Trinajstić information content (AvgIpc) is 2.73. The first-order valence-corrected chi connectivity index (χ1v) is 6.06. The van der Waals surface area contributed by atoms with Crippen molar-refractivity contribution in [2.24, 2.45) is 0 Å². The number of rotatable bonds is 3. The fourth-order valence-electron chi connectivity index (χ4n) is 1.87. The van der Waals surface area contributed by atoms with Crippen molar-refractivity contribution in [3.05, 3.63) is 52.2 Å². The predicted molar refractivity (Wildman–Crippen MR) is 68.2 cm³/mol. The zero-order chi connectivity index (χ0) is 14.9. The van der Waals surface area contributed by atoms with E-state index in [2.05, 4.69) is 10.3 Å². The van der Waals surface area contributed by atoms with E-state index in [9.17, 15) is 13.6 Å². The zero-order valence-corrected chi connectivity index (χ0v) is 11.4. The van der Waals surface area contributed by atoms with E-state index >= 15 is 0 Å². The molecule has 1 aromatic carbocycles. The van der Waals surface area contributed by atoms with Gasteiger partial charge in [-0.1, -0.05) is 6.07 Å². The van der Waals surface area contributed by atoms with Gasteiger partial charge in [0.1, 0.15) is 11.6 Å². The molecule has 1 amide bonds. The summed E-state index contributed by atoms with van der Waals surface area (Å²) in [5.74, 6) is -1.49. The molecule has 2 aromatic rings. The Kier molecular flexibility index (Phi) is 3.83. The maximum absolute atomic E-state index is 13.8. The second-order valence-corrected chi connectivity index (χ2v) is 4.49. The lowest BCUT2D eigenvalue weighted by atomic mass is 10.1. The van der Waals surface area contributed by atoms with Crippen molar-refractivity contribution in [2.75, 3.05) is 0 Å². The van der Waals surface area contributed by atoms with Gasteiger partial charge in [-0.15, -0.1) is 0 Å². The summed E-state index contributed by atoms with van der Waals surface area (Å²) in [5.41, 5.74) is 0.583. The van der Waals surface area contributed by atoms with E-state index in [4.69, 9.17) is 4.42 Å². The summed E-state index contributed by atoms with van der Waals surface area (Å²) in [6, 6.07) is 2.52. The molecule has 2 rings (SSSR count). The SMILES string of the molecule is Cc1nc(C)c(C(=O)NCc2c(F)ccc(C)c2F)o1. The van der Waals surface area contributed by atoms with Gasteiger partial charge in [0.2, 0.25) is 5.76 Å². The van der Waals surface area contributed by atoms with Crippen molar-refractivity contribution in [1.29, 1.82) is 0 Å². The lowest BCUT2D eigenvalue weighted by Crippen LogP contribution is -2.24. The van der Waals surface area contributed by atoms with Gasteiger partial charge in [-0.25, -0.2) is 13.8 Å². The van der Waals surface area contributed by atoms with Crippen molar-refractivity contribution in [2.45, 2.75) is 27.3 Å². The quantitative estimate of drug-likeness (QED) is 0.940. The predicted octanol–water partition coefficient (Wildman–Crippen LogP) is 2.81. The minimum Gasteiger partial charge on any atom is -0.436 e. The molecule has 0 fully saturated rings. The average molecular weight is 280 g/mol. The molecule has 0 unspecified atom stereocenters. The number of oxazole rings is 1. The van der Waals surface area contributed by atoms with Crippen LogP contribution in [0.5, 0.6) is 0 Å². The summed E-state index contributed by atoms with van der Waals surface area (Å²) in [7, 11) is 0. The molecule has 0 saturated heterocycles. The van der Waals surface area contributed by atoms with E-state index in [1.165, 1.54) is 19.1 Å². The number of benzene rings is 1. The van der Waals surface area contributed by atoms with Gasteiger partial charge in [0.25, 0.3) is 5.91 Å². The molecule has 1 aromatic heterocycles. The Morgan fingerprint density at radius 2 is 2.00 bits per heavy atom. The molecule has 6 heteroatoms.